The fourth-order valence-electron chi connectivity index (χ4n) is 2.37. The maximum absolute atomic E-state index is 12.2. The van der Waals surface area contributed by atoms with Gasteiger partial charge < -0.3 is 0 Å². The minimum atomic E-state index is -3.72. The first-order valence-corrected chi connectivity index (χ1v) is 9.27. The summed E-state index contributed by atoms with van der Waals surface area (Å²) in [4.78, 5) is 10.0. The average Bonchev–Trinajstić information content (AvgIpc) is 3.11. The summed E-state index contributed by atoms with van der Waals surface area (Å²) in [5.74, 6) is 0. The molecular formula is C17H16N4O4S. The van der Waals surface area contributed by atoms with Crippen LogP contribution < -0.4 is 4.72 Å². The Bertz CT molecular complexity index is 999. The second-order valence-electron chi connectivity index (χ2n) is 5.53. The summed E-state index contributed by atoms with van der Waals surface area (Å²) in [5, 5.41) is 14.9. The van der Waals surface area contributed by atoms with Gasteiger partial charge in [-0.2, -0.15) is 5.10 Å². The molecule has 1 aromatic heterocycles. The van der Waals surface area contributed by atoms with Gasteiger partial charge in [-0.05, 0) is 36.2 Å². The Kier molecular flexibility index (Phi) is 5.10. The van der Waals surface area contributed by atoms with E-state index in [-0.39, 0.29) is 17.1 Å². The van der Waals surface area contributed by atoms with Crippen molar-refractivity contribution in [1.29, 1.82) is 0 Å². The van der Waals surface area contributed by atoms with Gasteiger partial charge in [0.25, 0.3) is 5.69 Å². The maximum atomic E-state index is 12.2. The SMILES string of the molecule is O=[N+]([O-])c1ccc(S(=O)(=O)NCCc2cnn(-c3ccccc3)c2)cc1. The minimum absolute atomic E-state index is 0.0110. The minimum Gasteiger partial charge on any atom is -0.258 e. The van der Waals surface area contributed by atoms with Crippen LogP contribution in [0.3, 0.4) is 0 Å². The molecule has 0 bridgehead atoms. The number of nitro benzene ring substituents is 1. The fourth-order valence-corrected chi connectivity index (χ4v) is 3.40. The Morgan fingerprint density at radius 3 is 2.42 bits per heavy atom. The molecule has 9 heteroatoms. The van der Waals surface area contributed by atoms with Gasteiger partial charge in [0.15, 0.2) is 0 Å². The van der Waals surface area contributed by atoms with Gasteiger partial charge in [0, 0.05) is 24.9 Å². The molecule has 1 heterocycles. The molecule has 3 rings (SSSR count). The highest BCUT2D eigenvalue weighted by Gasteiger charge is 2.15. The van der Waals surface area contributed by atoms with E-state index in [4.69, 9.17) is 0 Å². The van der Waals surface area contributed by atoms with Crippen LogP contribution in [0.15, 0.2) is 71.9 Å². The summed E-state index contributed by atoms with van der Waals surface area (Å²) in [6.45, 7) is 0.194. The number of hydrogen-bond donors (Lipinski definition) is 1. The van der Waals surface area contributed by atoms with Crippen molar-refractivity contribution in [3.63, 3.8) is 0 Å². The number of aromatic nitrogens is 2. The Morgan fingerprint density at radius 2 is 1.77 bits per heavy atom. The van der Waals surface area contributed by atoms with Gasteiger partial charge in [-0.1, -0.05) is 18.2 Å². The lowest BCUT2D eigenvalue weighted by Crippen LogP contribution is -2.25. The molecule has 3 aromatic rings. The van der Waals surface area contributed by atoms with Crippen LogP contribution in [-0.4, -0.2) is 29.7 Å². The van der Waals surface area contributed by atoms with Crippen LogP contribution in [0.1, 0.15) is 5.56 Å². The van der Waals surface area contributed by atoms with Gasteiger partial charge >= 0.3 is 0 Å². The van der Waals surface area contributed by atoms with Gasteiger partial charge in [-0.3, -0.25) is 10.1 Å². The van der Waals surface area contributed by atoms with E-state index < -0.39 is 14.9 Å². The monoisotopic (exact) mass is 372 g/mol. The van der Waals surface area contributed by atoms with Gasteiger partial charge in [-0.15, -0.1) is 0 Å². The second-order valence-corrected chi connectivity index (χ2v) is 7.29. The normalized spacial score (nSPS) is 11.4. The number of nitro groups is 1. The van der Waals surface area contributed by atoms with Crippen LogP contribution in [0.5, 0.6) is 0 Å². The standard InChI is InChI=1S/C17H16N4O4S/c22-21(23)16-6-8-17(9-7-16)26(24,25)19-11-10-14-12-18-20(13-14)15-4-2-1-3-5-15/h1-9,12-13,19H,10-11H2. The molecular weight excluding hydrogens is 356 g/mol. The number of nitrogens with one attached hydrogen (secondary N) is 1. The Hall–Kier alpha value is -3.04. The van der Waals surface area contributed by atoms with Gasteiger partial charge in [0.2, 0.25) is 10.0 Å². The van der Waals surface area contributed by atoms with Crippen molar-refractivity contribution in [3.05, 3.63) is 82.7 Å². The number of para-hydroxylation sites is 1. The van der Waals surface area contributed by atoms with Crippen LogP contribution in [0.4, 0.5) is 5.69 Å². The van der Waals surface area contributed by atoms with E-state index in [1.165, 1.54) is 24.3 Å². The first-order chi connectivity index (χ1) is 12.5. The summed E-state index contributed by atoms with van der Waals surface area (Å²) >= 11 is 0. The molecule has 0 aliphatic carbocycles. The highest BCUT2D eigenvalue weighted by atomic mass is 32.2. The van der Waals surface area contributed by atoms with Crippen LogP contribution >= 0.6 is 0 Å². The average molecular weight is 372 g/mol. The van der Waals surface area contributed by atoms with Crippen molar-refractivity contribution in [2.24, 2.45) is 0 Å². The molecule has 26 heavy (non-hydrogen) atoms. The third kappa shape index (κ3) is 4.13. The molecule has 0 aliphatic heterocycles. The smallest absolute Gasteiger partial charge is 0.258 e. The van der Waals surface area contributed by atoms with E-state index in [0.29, 0.717) is 6.42 Å². The Balaban J connectivity index is 1.60. The molecule has 0 aliphatic rings. The molecule has 0 saturated carbocycles. The predicted octanol–water partition coefficient (Wildman–Crippen LogP) is 2.30. The van der Waals surface area contributed by atoms with Gasteiger partial charge in [0.05, 0.1) is 21.7 Å². The van der Waals surface area contributed by atoms with Crippen molar-refractivity contribution >= 4 is 15.7 Å². The number of non-ortho nitro benzene ring substituents is 1. The second kappa shape index (κ2) is 7.46. The van der Waals surface area contributed by atoms with Crippen LogP contribution in [-0.2, 0) is 16.4 Å². The summed E-state index contributed by atoms with van der Waals surface area (Å²) < 4.78 is 28.7. The van der Waals surface area contributed by atoms with Gasteiger partial charge in [-0.25, -0.2) is 17.8 Å². The van der Waals surface area contributed by atoms with Crippen molar-refractivity contribution in [2.45, 2.75) is 11.3 Å². The number of nitrogens with zero attached hydrogens (tertiary/aromatic N) is 3. The molecule has 0 saturated heterocycles. The number of hydrogen-bond acceptors (Lipinski definition) is 5. The third-order valence-electron chi connectivity index (χ3n) is 3.72. The topological polar surface area (TPSA) is 107 Å². The zero-order valence-electron chi connectivity index (χ0n) is 13.6. The molecule has 2 aromatic carbocycles. The lowest BCUT2D eigenvalue weighted by molar-refractivity contribution is -0.384. The largest absolute Gasteiger partial charge is 0.269 e. The van der Waals surface area contributed by atoms with E-state index in [9.17, 15) is 18.5 Å². The molecule has 0 spiro atoms. The van der Waals surface area contributed by atoms with E-state index in [1.807, 2.05) is 36.5 Å². The van der Waals surface area contributed by atoms with Gasteiger partial charge in [0.1, 0.15) is 0 Å². The molecule has 0 fully saturated rings. The molecule has 0 amide bonds. The van der Waals surface area contributed by atoms with E-state index in [0.717, 1.165) is 11.3 Å². The summed E-state index contributed by atoms with van der Waals surface area (Å²) in [6, 6.07) is 14.4. The molecule has 0 radical (unpaired) electrons. The summed E-state index contributed by atoms with van der Waals surface area (Å²) in [7, 11) is -3.72. The quantitative estimate of drug-likeness (QED) is 0.506. The zero-order valence-corrected chi connectivity index (χ0v) is 14.5. The lowest BCUT2D eigenvalue weighted by atomic mass is 10.2. The molecule has 134 valence electrons. The summed E-state index contributed by atoms with van der Waals surface area (Å²) in [6.07, 6.45) is 4.00. The third-order valence-corrected chi connectivity index (χ3v) is 5.20. The highest BCUT2D eigenvalue weighted by molar-refractivity contribution is 7.89. The van der Waals surface area contributed by atoms with E-state index >= 15 is 0 Å². The van der Waals surface area contributed by atoms with Crippen molar-refractivity contribution in [2.75, 3.05) is 6.54 Å². The predicted molar refractivity (Wildman–Crippen MR) is 95.6 cm³/mol. The van der Waals surface area contributed by atoms with Crippen LogP contribution in [0.25, 0.3) is 5.69 Å². The summed E-state index contributed by atoms with van der Waals surface area (Å²) in [5.41, 5.74) is 1.66. The molecule has 0 atom stereocenters. The zero-order chi connectivity index (χ0) is 18.6. The highest BCUT2D eigenvalue weighted by Crippen LogP contribution is 2.15. The van der Waals surface area contributed by atoms with E-state index in [1.54, 1.807) is 10.9 Å². The number of benzene rings is 2. The first kappa shape index (κ1) is 17.8. The van der Waals surface area contributed by atoms with Crippen molar-refractivity contribution < 1.29 is 13.3 Å². The number of sulfonamides is 1. The molecule has 8 nitrogen and oxygen atoms in total. The number of rotatable bonds is 7. The Morgan fingerprint density at radius 1 is 1.08 bits per heavy atom. The van der Waals surface area contributed by atoms with E-state index in [2.05, 4.69) is 9.82 Å². The Labute approximate surface area is 150 Å². The van der Waals surface area contributed by atoms with Crippen molar-refractivity contribution in [1.82, 2.24) is 14.5 Å². The van der Waals surface area contributed by atoms with Crippen LogP contribution in [0, 0.1) is 10.1 Å². The lowest BCUT2D eigenvalue weighted by Gasteiger charge is -2.05. The van der Waals surface area contributed by atoms with Crippen LogP contribution in [0.2, 0.25) is 0 Å². The molecule has 1 N–H and O–H groups in total. The molecule has 0 unspecified atom stereocenters. The fraction of sp³-hybridized carbons (Fsp3) is 0.118. The van der Waals surface area contributed by atoms with Crippen molar-refractivity contribution in [3.8, 4) is 5.69 Å². The maximum Gasteiger partial charge on any atom is 0.269 e. The first-order valence-electron chi connectivity index (χ1n) is 7.79.